The van der Waals surface area contributed by atoms with Crippen molar-refractivity contribution in [2.75, 3.05) is 6.54 Å². The van der Waals surface area contributed by atoms with Crippen molar-refractivity contribution in [3.05, 3.63) is 30.3 Å². The molecule has 1 aliphatic heterocycles. The third-order valence-electron chi connectivity index (χ3n) is 3.03. The van der Waals surface area contributed by atoms with Crippen LogP contribution in [-0.2, 0) is 6.54 Å². The molecule has 2 aromatic rings. The smallest absolute Gasteiger partial charge is 0.204 e. The summed E-state index contributed by atoms with van der Waals surface area (Å²) < 4.78 is 0. The molecule has 5 nitrogen and oxygen atoms in total. The highest BCUT2D eigenvalue weighted by Crippen LogP contribution is 2.12. The van der Waals surface area contributed by atoms with Crippen LogP contribution < -0.4 is 5.32 Å². The Hall–Kier alpha value is -1.75. The maximum Gasteiger partial charge on any atom is 0.204 e. The fourth-order valence-corrected chi connectivity index (χ4v) is 2.13. The van der Waals surface area contributed by atoms with Gasteiger partial charge in [-0.2, -0.15) is 4.80 Å². The molecule has 0 unspecified atom stereocenters. The lowest BCUT2D eigenvalue weighted by Gasteiger charge is -2.07. The monoisotopic (exact) mass is 229 g/mol. The predicted octanol–water partition coefficient (Wildman–Crippen LogP) is 1.09. The summed E-state index contributed by atoms with van der Waals surface area (Å²) in [4.78, 5) is 1.69. The molecule has 0 amide bonds. The van der Waals surface area contributed by atoms with Crippen LogP contribution in [-0.4, -0.2) is 32.8 Å². The van der Waals surface area contributed by atoms with Crippen molar-refractivity contribution in [1.29, 1.82) is 0 Å². The molecular formula is C12H15N5. The van der Waals surface area contributed by atoms with Gasteiger partial charge in [-0.3, -0.25) is 0 Å². The lowest BCUT2D eigenvalue weighted by Crippen LogP contribution is -2.27. The number of tetrazole rings is 1. The molecule has 2 heterocycles. The minimum absolute atomic E-state index is 0.493. The molecule has 0 spiro atoms. The molecule has 88 valence electrons. The Balaban J connectivity index is 1.74. The first-order chi connectivity index (χ1) is 8.42. The summed E-state index contributed by atoms with van der Waals surface area (Å²) in [6.07, 6.45) is 2.44. The van der Waals surface area contributed by atoms with Gasteiger partial charge < -0.3 is 5.32 Å². The maximum atomic E-state index is 4.40. The van der Waals surface area contributed by atoms with Crippen LogP contribution in [0, 0.1) is 0 Å². The van der Waals surface area contributed by atoms with E-state index in [4.69, 9.17) is 0 Å². The molecule has 0 saturated carbocycles. The van der Waals surface area contributed by atoms with Crippen molar-refractivity contribution in [2.24, 2.45) is 0 Å². The Morgan fingerprint density at radius 3 is 2.94 bits per heavy atom. The molecule has 1 saturated heterocycles. The minimum atomic E-state index is 0.493. The largest absolute Gasteiger partial charge is 0.312 e. The molecule has 1 aromatic heterocycles. The summed E-state index contributed by atoms with van der Waals surface area (Å²) in [5, 5.41) is 16.0. The van der Waals surface area contributed by atoms with Gasteiger partial charge in [0.25, 0.3) is 0 Å². The fourth-order valence-electron chi connectivity index (χ4n) is 2.13. The van der Waals surface area contributed by atoms with Gasteiger partial charge in [0.2, 0.25) is 5.82 Å². The quantitative estimate of drug-likeness (QED) is 0.856. The second kappa shape index (κ2) is 4.63. The van der Waals surface area contributed by atoms with Crippen LogP contribution in [0.15, 0.2) is 30.3 Å². The summed E-state index contributed by atoms with van der Waals surface area (Å²) in [5.74, 6) is 0.698. The zero-order valence-corrected chi connectivity index (χ0v) is 9.58. The number of nitrogens with zero attached hydrogens (tertiary/aromatic N) is 4. The van der Waals surface area contributed by atoms with E-state index in [9.17, 15) is 0 Å². The van der Waals surface area contributed by atoms with Gasteiger partial charge in [0.1, 0.15) is 0 Å². The van der Waals surface area contributed by atoms with E-state index in [1.54, 1.807) is 4.80 Å². The zero-order valence-electron chi connectivity index (χ0n) is 9.58. The Bertz CT molecular complexity index is 473. The lowest BCUT2D eigenvalue weighted by atomic mass is 10.2. The van der Waals surface area contributed by atoms with Gasteiger partial charge in [-0.25, -0.2) is 0 Å². The maximum absolute atomic E-state index is 4.40. The molecule has 1 N–H and O–H groups in total. The first-order valence-corrected chi connectivity index (χ1v) is 5.98. The lowest BCUT2D eigenvalue weighted by molar-refractivity contribution is 0.429. The van der Waals surface area contributed by atoms with Crippen LogP contribution in [0.4, 0.5) is 0 Å². The summed E-state index contributed by atoms with van der Waals surface area (Å²) in [7, 11) is 0. The van der Waals surface area contributed by atoms with Gasteiger partial charge in [-0.05, 0) is 24.6 Å². The van der Waals surface area contributed by atoms with E-state index in [0.717, 1.165) is 18.7 Å². The van der Waals surface area contributed by atoms with Crippen molar-refractivity contribution in [1.82, 2.24) is 25.5 Å². The highest BCUT2D eigenvalue weighted by molar-refractivity contribution is 5.52. The average Bonchev–Trinajstić information content (AvgIpc) is 3.02. The molecule has 0 bridgehead atoms. The summed E-state index contributed by atoms with van der Waals surface area (Å²) in [6, 6.07) is 10.4. The van der Waals surface area contributed by atoms with E-state index in [0.29, 0.717) is 11.9 Å². The van der Waals surface area contributed by atoms with Gasteiger partial charge >= 0.3 is 0 Å². The van der Waals surface area contributed by atoms with Crippen LogP contribution >= 0.6 is 0 Å². The first kappa shape index (κ1) is 10.4. The standard InChI is InChI=1S/C12H15N5/c1-2-5-10(6-3-1)12-14-16-17(15-12)9-11-7-4-8-13-11/h1-3,5-6,11,13H,4,7-9H2/t11-/m0/s1. The number of hydrogen-bond donors (Lipinski definition) is 1. The van der Waals surface area contributed by atoms with Crippen LogP contribution in [0.5, 0.6) is 0 Å². The van der Waals surface area contributed by atoms with E-state index >= 15 is 0 Å². The molecule has 1 aliphatic rings. The number of nitrogens with one attached hydrogen (secondary N) is 1. The SMILES string of the molecule is c1ccc(-c2nnn(C[C@@H]3CCCN3)n2)cc1. The third-order valence-corrected chi connectivity index (χ3v) is 3.03. The summed E-state index contributed by atoms with van der Waals surface area (Å²) >= 11 is 0. The van der Waals surface area contributed by atoms with E-state index < -0.39 is 0 Å². The summed E-state index contributed by atoms with van der Waals surface area (Å²) in [5.41, 5.74) is 1.01. The van der Waals surface area contributed by atoms with E-state index in [1.165, 1.54) is 12.8 Å². The second-order valence-corrected chi connectivity index (χ2v) is 4.33. The zero-order chi connectivity index (χ0) is 11.5. The highest BCUT2D eigenvalue weighted by Gasteiger charge is 2.16. The first-order valence-electron chi connectivity index (χ1n) is 5.98. The molecule has 1 aromatic carbocycles. The van der Waals surface area contributed by atoms with E-state index in [2.05, 4.69) is 20.7 Å². The molecule has 0 aliphatic carbocycles. The Morgan fingerprint density at radius 2 is 2.18 bits per heavy atom. The predicted molar refractivity (Wildman–Crippen MR) is 64.3 cm³/mol. The van der Waals surface area contributed by atoms with Crippen LogP contribution in [0.1, 0.15) is 12.8 Å². The molecule has 5 heteroatoms. The molecule has 1 fully saturated rings. The Kier molecular flexibility index (Phi) is 2.83. The molecule has 0 radical (unpaired) electrons. The van der Waals surface area contributed by atoms with E-state index in [1.807, 2.05) is 30.3 Å². The van der Waals surface area contributed by atoms with Crippen LogP contribution in [0.3, 0.4) is 0 Å². The minimum Gasteiger partial charge on any atom is -0.312 e. The number of aromatic nitrogens is 4. The number of hydrogen-bond acceptors (Lipinski definition) is 4. The Morgan fingerprint density at radius 1 is 1.29 bits per heavy atom. The van der Waals surface area contributed by atoms with Crippen LogP contribution in [0.25, 0.3) is 11.4 Å². The fraction of sp³-hybridized carbons (Fsp3) is 0.417. The van der Waals surface area contributed by atoms with Crippen molar-refractivity contribution in [2.45, 2.75) is 25.4 Å². The molecule has 1 atom stereocenters. The molecule has 17 heavy (non-hydrogen) atoms. The van der Waals surface area contributed by atoms with Gasteiger partial charge in [0, 0.05) is 11.6 Å². The molecular weight excluding hydrogens is 214 g/mol. The topological polar surface area (TPSA) is 55.6 Å². The van der Waals surface area contributed by atoms with Crippen molar-refractivity contribution in [3.8, 4) is 11.4 Å². The Labute approximate surface area is 99.8 Å². The van der Waals surface area contributed by atoms with Gasteiger partial charge in [-0.1, -0.05) is 30.3 Å². The molecule has 3 rings (SSSR count). The van der Waals surface area contributed by atoms with Crippen molar-refractivity contribution >= 4 is 0 Å². The average molecular weight is 229 g/mol. The van der Waals surface area contributed by atoms with Crippen LogP contribution in [0.2, 0.25) is 0 Å². The number of rotatable bonds is 3. The van der Waals surface area contributed by atoms with Gasteiger partial charge in [0.05, 0.1) is 6.54 Å². The summed E-state index contributed by atoms with van der Waals surface area (Å²) in [6.45, 7) is 1.91. The van der Waals surface area contributed by atoms with Gasteiger partial charge in [-0.15, -0.1) is 10.2 Å². The van der Waals surface area contributed by atoms with Crippen molar-refractivity contribution in [3.63, 3.8) is 0 Å². The third kappa shape index (κ3) is 2.34. The van der Waals surface area contributed by atoms with Gasteiger partial charge in [0.15, 0.2) is 0 Å². The normalized spacial score (nSPS) is 19.6. The second-order valence-electron chi connectivity index (χ2n) is 4.33. The highest BCUT2D eigenvalue weighted by atomic mass is 15.6. The number of benzene rings is 1. The van der Waals surface area contributed by atoms with Crippen molar-refractivity contribution < 1.29 is 0 Å². The van der Waals surface area contributed by atoms with E-state index in [-0.39, 0.29) is 0 Å².